The highest BCUT2D eigenvalue weighted by molar-refractivity contribution is 5.51. The van der Waals surface area contributed by atoms with Gasteiger partial charge < -0.3 is 14.9 Å². The van der Waals surface area contributed by atoms with Crippen molar-refractivity contribution in [2.24, 2.45) is 0 Å². The molecule has 0 aliphatic carbocycles. The highest BCUT2D eigenvalue weighted by atomic mass is 16.3. The van der Waals surface area contributed by atoms with Crippen molar-refractivity contribution in [3.63, 3.8) is 0 Å². The van der Waals surface area contributed by atoms with Gasteiger partial charge in [-0.05, 0) is 57.1 Å². The first-order chi connectivity index (χ1) is 8.61. The molecule has 0 radical (unpaired) electrons. The van der Waals surface area contributed by atoms with E-state index in [9.17, 15) is 5.11 Å². The number of benzene rings is 1. The lowest BCUT2D eigenvalue weighted by molar-refractivity contribution is 0.249. The molecule has 0 amide bonds. The van der Waals surface area contributed by atoms with Crippen LogP contribution in [-0.2, 0) is 6.61 Å². The van der Waals surface area contributed by atoms with Gasteiger partial charge in [-0.25, -0.2) is 0 Å². The van der Waals surface area contributed by atoms with Crippen LogP contribution >= 0.6 is 0 Å². The molecule has 100 valence electrons. The van der Waals surface area contributed by atoms with E-state index in [0.717, 1.165) is 24.7 Å². The molecule has 2 rings (SSSR count). The number of hydrogen-bond donors (Lipinski definition) is 1. The molecule has 1 aliphatic heterocycles. The molecule has 1 fully saturated rings. The molecular weight excluding hydrogens is 224 g/mol. The monoisotopic (exact) mass is 248 g/mol. The lowest BCUT2D eigenvalue weighted by atomic mass is 10.0. The second kappa shape index (κ2) is 5.72. The summed E-state index contributed by atoms with van der Waals surface area (Å²) < 4.78 is 0. The Morgan fingerprint density at radius 1 is 1.28 bits per heavy atom. The van der Waals surface area contributed by atoms with Crippen LogP contribution in [0, 0.1) is 6.92 Å². The Kier molecular flexibility index (Phi) is 4.25. The van der Waals surface area contributed by atoms with E-state index in [4.69, 9.17) is 0 Å². The zero-order valence-corrected chi connectivity index (χ0v) is 11.7. The van der Waals surface area contributed by atoms with E-state index in [1.54, 1.807) is 0 Å². The molecule has 0 atom stereocenters. The van der Waals surface area contributed by atoms with Crippen molar-refractivity contribution in [3.8, 4) is 0 Å². The maximum absolute atomic E-state index is 9.20. The van der Waals surface area contributed by atoms with Gasteiger partial charge in [0.05, 0.1) is 6.61 Å². The Morgan fingerprint density at radius 2 is 1.94 bits per heavy atom. The molecule has 0 saturated carbocycles. The van der Waals surface area contributed by atoms with Crippen LogP contribution in [0.1, 0.15) is 24.0 Å². The van der Waals surface area contributed by atoms with Crippen molar-refractivity contribution in [2.75, 3.05) is 32.1 Å². The van der Waals surface area contributed by atoms with Gasteiger partial charge in [-0.1, -0.05) is 6.07 Å². The third kappa shape index (κ3) is 2.85. The van der Waals surface area contributed by atoms with E-state index in [1.807, 2.05) is 6.07 Å². The number of nitrogens with zero attached hydrogens (tertiary/aromatic N) is 2. The predicted molar refractivity (Wildman–Crippen MR) is 76.0 cm³/mol. The summed E-state index contributed by atoms with van der Waals surface area (Å²) in [5.74, 6) is 0. The molecule has 1 N–H and O–H groups in total. The number of hydrogen-bond acceptors (Lipinski definition) is 3. The minimum absolute atomic E-state index is 0.134. The Hall–Kier alpha value is -1.06. The van der Waals surface area contributed by atoms with Gasteiger partial charge in [0.25, 0.3) is 0 Å². The summed E-state index contributed by atoms with van der Waals surface area (Å²) in [6.45, 7) is 4.46. The topological polar surface area (TPSA) is 26.7 Å². The average Bonchev–Trinajstić information content (AvgIpc) is 2.38. The first kappa shape index (κ1) is 13.4. The van der Waals surface area contributed by atoms with Crippen molar-refractivity contribution >= 4 is 5.69 Å². The first-order valence-electron chi connectivity index (χ1n) is 6.73. The molecule has 0 bridgehead atoms. The summed E-state index contributed by atoms with van der Waals surface area (Å²) in [6.07, 6.45) is 2.46. The predicted octanol–water partition coefficient (Wildman–Crippen LogP) is 2.02. The number of anilines is 1. The molecule has 0 aromatic heterocycles. The quantitative estimate of drug-likeness (QED) is 0.886. The van der Waals surface area contributed by atoms with E-state index in [1.165, 1.54) is 24.1 Å². The fourth-order valence-corrected chi connectivity index (χ4v) is 2.69. The van der Waals surface area contributed by atoms with Crippen molar-refractivity contribution < 1.29 is 5.11 Å². The average molecular weight is 248 g/mol. The van der Waals surface area contributed by atoms with Crippen molar-refractivity contribution in [1.82, 2.24) is 4.90 Å². The smallest absolute Gasteiger partial charge is 0.0684 e. The Labute approximate surface area is 110 Å². The molecule has 3 heteroatoms. The minimum atomic E-state index is 0.134. The zero-order valence-electron chi connectivity index (χ0n) is 11.7. The van der Waals surface area contributed by atoms with Gasteiger partial charge in [0.1, 0.15) is 0 Å². The minimum Gasteiger partial charge on any atom is -0.392 e. The van der Waals surface area contributed by atoms with E-state index >= 15 is 0 Å². The first-order valence-corrected chi connectivity index (χ1v) is 6.73. The van der Waals surface area contributed by atoms with E-state index < -0.39 is 0 Å². The second-order valence-corrected chi connectivity index (χ2v) is 5.45. The number of rotatable bonds is 3. The summed E-state index contributed by atoms with van der Waals surface area (Å²) in [7, 11) is 4.33. The third-order valence-corrected chi connectivity index (χ3v) is 4.06. The molecule has 1 aromatic rings. The summed E-state index contributed by atoms with van der Waals surface area (Å²) in [5.41, 5.74) is 3.51. The molecule has 3 nitrogen and oxygen atoms in total. The molecule has 1 aliphatic rings. The van der Waals surface area contributed by atoms with E-state index in [2.05, 4.69) is 43.0 Å². The van der Waals surface area contributed by atoms with Crippen LogP contribution in [0.2, 0.25) is 0 Å². The molecule has 0 unspecified atom stereocenters. The van der Waals surface area contributed by atoms with Gasteiger partial charge >= 0.3 is 0 Å². The van der Waals surface area contributed by atoms with Crippen molar-refractivity contribution in [1.29, 1.82) is 0 Å². The van der Waals surface area contributed by atoms with Crippen LogP contribution in [0.25, 0.3) is 0 Å². The summed E-state index contributed by atoms with van der Waals surface area (Å²) in [6, 6.07) is 7.10. The molecule has 18 heavy (non-hydrogen) atoms. The Morgan fingerprint density at radius 3 is 2.44 bits per heavy atom. The van der Waals surface area contributed by atoms with Gasteiger partial charge in [0.2, 0.25) is 0 Å². The van der Waals surface area contributed by atoms with Crippen LogP contribution in [0.5, 0.6) is 0 Å². The number of aliphatic hydroxyl groups excluding tert-OH is 1. The Bertz CT molecular complexity index is 395. The second-order valence-electron chi connectivity index (χ2n) is 5.45. The maximum atomic E-state index is 9.20. The van der Waals surface area contributed by atoms with Gasteiger partial charge in [0.15, 0.2) is 0 Å². The Balaban J connectivity index is 2.03. The summed E-state index contributed by atoms with van der Waals surface area (Å²) in [4.78, 5) is 4.78. The summed E-state index contributed by atoms with van der Waals surface area (Å²) >= 11 is 0. The largest absolute Gasteiger partial charge is 0.392 e. The highest BCUT2D eigenvalue weighted by Gasteiger charge is 2.20. The lowest BCUT2D eigenvalue weighted by Gasteiger charge is -2.36. The van der Waals surface area contributed by atoms with Crippen molar-refractivity contribution in [3.05, 3.63) is 29.3 Å². The normalized spacial score (nSPS) is 17.5. The van der Waals surface area contributed by atoms with E-state index in [-0.39, 0.29) is 6.61 Å². The SMILES string of the molecule is Cc1cc(N2CCC(N(C)C)CC2)ccc1CO. The molecule has 1 aromatic carbocycles. The maximum Gasteiger partial charge on any atom is 0.0684 e. The van der Waals surface area contributed by atoms with Crippen LogP contribution in [0.4, 0.5) is 5.69 Å². The number of aliphatic hydroxyl groups is 1. The van der Waals surface area contributed by atoms with Gasteiger partial charge in [-0.3, -0.25) is 0 Å². The van der Waals surface area contributed by atoms with Crippen molar-refractivity contribution in [2.45, 2.75) is 32.4 Å². The zero-order chi connectivity index (χ0) is 13.1. The lowest BCUT2D eigenvalue weighted by Crippen LogP contribution is -2.42. The number of aryl methyl sites for hydroxylation is 1. The van der Waals surface area contributed by atoms with Crippen LogP contribution in [0.15, 0.2) is 18.2 Å². The fraction of sp³-hybridized carbons (Fsp3) is 0.600. The van der Waals surface area contributed by atoms with Crippen LogP contribution in [0.3, 0.4) is 0 Å². The highest BCUT2D eigenvalue weighted by Crippen LogP contribution is 2.24. The molecule has 1 heterocycles. The molecule has 1 saturated heterocycles. The number of piperidine rings is 1. The van der Waals surface area contributed by atoms with Gasteiger partial charge in [-0.2, -0.15) is 0 Å². The summed E-state index contributed by atoms with van der Waals surface area (Å²) in [5, 5.41) is 9.20. The molecular formula is C15H24N2O. The molecule has 0 spiro atoms. The van der Waals surface area contributed by atoms with E-state index in [0.29, 0.717) is 0 Å². The third-order valence-electron chi connectivity index (χ3n) is 4.06. The van der Waals surface area contributed by atoms with Gasteiger partial charge in [0, 0.05) is 24.8 Å². The standard InChI is InChI=1S/C15H24N2O/c1-12-10-15(5-4-13(12)11-18)17-8-6-14(7-9-17)16(2)3/h4-5,10,14,18H,6-9,11H2,1-3H3. The van der Waals surface area contributed by atoms with Gasteiger partial charge in [-0.15, -0.1) is 0 Å². The fourth-order valence-electron chi connectivity index (χ4n) is 2.69. The van der Waals surface area contributed by atoms with Crippen LogP contribution < -0.4 is 4.90 Å². The van der Waals surface area contributed by atoms with Crippen LogP contribution in [-0.4, -0.2) is 43.2 Å².